The summed E-state index contributed by atoms with van der Waals surface area (Å²) in [7, 11) is 0. The zero-order chi connectivity index (χ0) is 12.1. The number of ether oxygens (including phenoxy) is 1. The number of carbonyl (C=O) groups is 2. The van der Waals surface area contributed by atoms with Gasteiger partial charge in [0.2, 0.25) is 0 Å². The molecule has 0 saturated carbocycles. The smallest absolute Gasteiger partial charge is 0.316 e. The van der Waals surface area contributed by atoms with Gasteiger partial charge in [-0.25, -0.2) is 0 Å². The van der Waals surface area contributed by atoms with E-state index >= 15 is 0 Å². The number of nitro groups is 1. The van der Waals surface area contributed by atoms with Crippen molar-refractivity contribution in [2.24, 2.45) is 0 Å². The molecule has 0 radical (unpaired) electrons. The van der Waals surface area contributed by atoms with Crippen LogP contribution in [0.15, 0.2) is 24.3 Å². The number of hydrogen-bond acceptors (Lipinski definition) is 6. The van der Waals surface area contributed by atoms with Gasteiger partial charge in [0.15, 0.2) is 0 Å². The van der Waals surface area contributed by atoms with Crippen LogP contribution in [0, 0.1) is 10.1 Å². The first-order chi connectivity index (χ1) is 7.49. The van der Waals surface area contributed by atoms with Gasteiger partial charge >= 0.3 is 5.97 Å². The third-order valence-electron chi connectivity index (χ3n) is 1.57. The number of hydrogen-bond donors (Lipinski definition) is 0. The first-order valence-corrected chi connectivity index (χ1v) is 4.14. The van der Waals surface area contributed by atoms with E-state index in [4.69, 9.17) is 0 Å². The Kier molecular flexibility index (Phi) is 3.54. The molecule has 0 saturated heterocycles. The van der Waals surface area contributed by atoms with Crippen LogP contribution in [0.3, 0.4) is 0 Å². The molecule has 0 fully saturated rings. The van der Waals surface area contributed by atoms with Crippen LogP contribution < -0.4 is 9.84 Å². The van der Waals surface area contributed by atoms with Crippen LogP contribution in [0.2, 0.25) is 0 Å². The van der Waals surface area contributed by atoms with E-state index in [0.717, 1.165) is 12.1 Å². The van der Waals surface area contributed by atoms with Gasteiger partial charge in [0, 0.05) is 12.1 Å². The highest BCUT2D eigenvalue weighted by molar-refractivity contribution is 5.90. The highest BCUT2D eigenvalue weighted by Gasteiger charge is 2.08. The van der Waals surface area contributed by atoms with E-state index in [1.807, 2.05) is 0 Å². The number of carboxylic acid groups (broad SMARTS) is 1. The zero-order valence-electron chi connectivity index (χ0n) is 7.91. The second-order valence-electron chi connectivity index (χ2n) is 2.77. The molecule has 7 heteroatoms. The summed E-state index contributed by atoms with van der Waals surface area (Å²) < 4.78 is 4.58. The van der Waals surface area contributed by atoms with Gasteiger partial charge < -0.3 is 14.6 Å². The Morgan fingerprint density at radius 1 is 1.25 bits per heavy atom. The second-order valence-corrected chi connectivity index (χ2v) is 2.77. The van der Waals surface area contributed by atoms with Crippen molar-refractivity contribution in [1.29, 1.82) is 0 Å². The van der Waals surface area contributed by atoms with Gasteiger partial charge in [-0.15, -0.1) is 0 Å². The lowest BCUT2D eigenvalue weighted by molar-refractivity contribution is -0.384. The van der Waals surface area contributed by atoms with Crippen LogP contribution >= 0.6 is 0 Å². The van der Waals surface area contributed by atoms with Gasteiger partial charge in [0.05, 0.1) is 17.3 Å². The summed E-state index contributed by atoms with van der Waals surface area (Å²) in [6.07, 6.45) is -0.864. The van der Waals surface area contributed by atoms with Crippen LogP contribution in [0.5, 0.6) is 5.75 Å². The highest BCUT2D eigenvalue weighted by Crippen LogP contribution is 2.17. The minimum Gasteiger partial charge on any atom is -0.550 e. The summed E-state index contributed by atoms with van der Waals surface area (Å²) in [4.78, 5) is 30.6. The number of rotatable bonds is 4. The van der Waals surface area contributed by atoms with E-state index in [2.05, 4.69) is 4.74 Å². The van der Waals surface area contributed by atoms with Crippen molar-refractivity contribution < 1.29 is 24.4 Å². The molecule has 0 spiro atoms. The topological polar surface area (TPSA) is 110 Å². The average molecular weight is 224 g/mol. The lowest BCUT2D eigenvalue weighted by Gasteiger charge is -2.03. The monoisotopic (exact) mass is 224 g/mol. The number of carbonyl (C=O) groups excluding carboxylic acids is 2. The lowest BCUT2D eigenvalue weighted by atomic mass is 10.3. The summed E-state index contributed by atoms with van der Waals surface area (Å²) in [5.41, 5.74) is -0.153. The van der Waals surface area contributed by atoms with Gasteiger partial charge in [-0.2, -0.15) is 0 Å². The van der Waals surface area contributed by atoms with E-state index in [1.165, 1.54) is 12.1 Å². The molecule has 0 amide bonds. The maximum Gasteiger partial charge on any atom is 0.316 e. The molecule has 16 heavy (non-hydrogen) atoms. The van der Waals surface area contributed by atoms with Gasteiger partial charge in [-0.05, 0) is 12.1 Å². The molecule has 7 nitrogen and oxygen atoms in total. The fourth-order valence-electron chi connectivity index (χ4n) is 0.921. The number of esters is 1. The molecule has 0 aromatic heterocycles. The van der Waals surface area contributed by atoms with Crippen molar-refractivity contribution in [3.8, 4) is 5.75 Å². The number of nitro benzene ring substituents is 1. The number of aliphatic carboxylic acids is 1. The second kappa shape index (κ2) is 4.87. The van der Waals surface area contributed by atoms with Crippen molar-refractivity contribution in [2.75, 3.05) is 0 Å². The largest absolute Gasteiger partial charge is 0.550 e. The molecule has 1 aromatic carbocycles. The number of nitrogens with zero attached hydrogens (tertiary/aromatic N) is 1. The van der Waals surface area contributed by atoms with Crippen molar-refractivity contribution in [3.05, 3.63) is 34.4 Å². The average Bonchev–Trinajstić information content (AvgIpc) is 2.16. The van der Waals surface area contributed by atoms with E-state index in [1.54, 1.807) is 0 Å². The minimum absolute atomic E-state index is 0.0388. The van der Waals surface area contributed by atoms with Crippen LogP contribution in [0.1, 0.15) is 6.42 Å². The van der Waals surface area contributed by atoms with E-state index in [0.29, 0.717) is 0 Å². The van der Waals surface area contributed by atoms with Gasteiger partial charge in [0.1, 0.15) is 5.75 Å². The first-order valence-electron chi connectivity index (χ1n) is 4.14. The van der Waals surface area contributed by atoms with Crippen LogP contribution in [0.4, 0.5) is 5.69 Å². The molecule has 0 heterocycles. The van der Waals surface area contributed by atoms with E-state index in [9.17, 15) is 24.8 Å². The molecule has 0 aliphatic rings. The molecule has 0 aliphatic carbocycles. The minimum atomic E-state index is -1.55. The predicted octanol–water partition coefficient (Wildman–Crippen LogP) is -0.360. The highest BCUT2D eigenvalue weighted by atomic mass is 16.6. The lowest BCUT2D eigenvalue weighted by Crippen LogP contribution is -2.27. The Labute approximate surface area is 89.4 Å². The quantitative estimate of drug-likeness (QED) is 0.227. The maximum absolute atomic E-state index is 10.9. The predicted molar refractivity (Wildman–Crippen MR) is 48.4 cm³/mol. The Hall–Kier alpha value is -2.44. The molecule has 0 unspecified atom stereocenters. The number of carboxylic acids is 1. The SMILES string of the molecule is O=C([O-])CC(=O)Oc1ccc([N+](=O)[O-])cc1. The Balaban J connectivity index is 2.65. The van der Waals surface area contributed by atoms with Crippen LogP contribution in [-0.4, -0.2) is 16.9 Å². The summed E-state index contributed by atoms with van der Waals surface area (Å²) in [6, 6.07) is 4.68. The molecular formula is C9H6NO6-. The van der Waals surface area contributed by atoms with Crippen LogP contribution in [-0.2, 0) is 9.59 Å². The molecule has 0 aliphatic heterocycles. The Morgan fingerprint density at radius 3 is 2.25 bits per heavy atom. The standard InChI is InChI=1S/C9H7NO6/c11-8(12)5-9(13)16-7-3-1-6(2-4-7)10(14)15/h1-4H,5H2,(H,11,12)/p-1. The summed E-state index contributed by atoms with van der Waals surface area (Å²) in [5.74, 6) is -2.50. The molecular weight excluding hydrogens is 218 g/mol. The van der Waals surface area contributed by atoms with Crippen molar-refractivity contribution in [3.63, 3.8) is 0 Å². The van der Waals surface area contributed by atoms with E-state index < -0.39 is 23.3 Å². The number of non-ortho nitro benzene ring substituents is 1. The van der Waals surface area contributed by atoms with Gasteiger partial charge in [-0.3, -0.25) is 14.9 Å². The molecule has 0 atom stereocenters. The van der Waals surface area contributed by atoms with Crippen molar-refractivity contribution in [2.45, 2.75) is 6.42 Å². The Bertz CT molecular complexity index is 424. The molecule has 0 N–H and O–H groups in total. The first kappa shape index (κ1) is 11.6. The van der Waals surface area contributed by atoms with Crippen LogP contribution in [0.25, 0.3) is 0 Å². The summed E-state index contributed by atoms with van der Waals surface area (Å²) >= 11 is 0. The summed E-state index contributed by atoms with van der Waals surface area (Å²) in [5, 5.41) is 20.3. The van der Waals surface area contributed by atoms with Crippen molar-refractivity contribution in [1.82, 2.24) is 0 Å². The zero-order valence-corrected chi connectivity index (χ0v) is 7.91. The van der Waals surface area contributed by atoms with Crippen molar-refractivity contribution >= 4 is 17.6 Å². The third-order valence-corrected chi connectivity index (χ3v) is 1.57. The number of benzene rings is 1. The van der Waals surface area contributed by atoms with Gasteiger partial charge in [0.25, 0.3) is 5.69 Å². The molecule has 84 valence electrons. The maximum atomic E-state index is 10.9. The normalized spacial score (nSPS) is 9.50. The van der Waals surface area contributed by atoms with Gasteiger partial charge in [-0.1, -0.05) is 0 Å². The fourth-order valence-corrected chi connectivity index (χ4v) is 0.921. The molecule has 0 bridgehead atoms. The molecule has 1 aromatic rings. The fraction of sp³-hybridized carbons (Fsp3) is 0.111. The molecule has 1 rings (SSSR count). The third kappa shape index (κ3) is 3.37. The Morgan fingerprint density at radius 2 is 1.81 bits per heavy atom. The summed E-state index contributed by atoms with van der Waals surface area (Å²) in [6.45, 7) is 0. The van der Waals surface area contributed by atoms with E-state index in [-0.39, 0.29) is 11.4 Å².